The minimum Gasteiger partial charge on any atom is -0.497 e. The molecule has 0 spiro atoms. The van der Waals surface area contributed by atoms with Crippen LogP contribution in [-0.4, -0.2) is 39.2 Å². The molecule has 2 rings (SSSR count). The predicted molar refractivity (Wildman–Crippen MR) is 106 cm³/mol. The molecular weight excluding hydrogens is 360 g/mol. The first-order valence-electron chi connectivity index (χ1n) is 9.00. The van der Waals surface area contributed by atoms with E-state index in [-0.39, 0.29) is 23.9 Å². The van der Waals surface area contributed by atoms with Crippen molar-refractivity contribution in [3.05, 3.63) is 53.1 Å². The van der Waals surface area contributed by atoms with Gasteiger partial charge >= 0.3 is 5.97 Å². The van der Waals surface area contributed by atoms with E-state index in [1.807, 2.05) is 25.1 Å². The van der Waals surface area contributed by atoms with Crippen LogP contribution in [0.4, 0.5) is 0 Å². The van der Waals surface area contributed by atoms with E-state index in [1.165, 1.54) is 14.2 Å². The number of ketones is 1. The number of benzene rings is 2. The number of ether oxygens (including phenoxy) is 4. The Morgan fingerprint density at radius 1 is 0.929 bits per heavy atom. The van der Waals surface area contributed by atoms with Gasteiger partial charge in [-0.05, 0) is 48.2 Å². The highest BCUT2D eigenvalue weighted by molar-refractivity contribution is 6.00. The fraction of sp³-hybridized carbons (Fsp3) is 0.364. The van der Waals surface area contributed by atoms with Gasteiger partial charge in [-0.3, -0.25) is 4.79 Å². The molecule has 0 bridgehead atoms. The molecule has 0 radical (unpaired) electrons. The Kier molecular flexibility index (Phi) is 7.44. The molecule has 6 heteroatoms. The number of rotatable bonds is 9. The van der Waals surface area contributed by atoms with Gasteiger partial charge in [-0.1, -0.05) is 26.0 Å². The normalized spacial score (nSPS) is 10.5. The highest BCUT2D eigenvalue weighted by Gasteiger charge is 2.17. The van der Waals surface area contributed by atoms with Crippen LogP contribution in [0.15, 0.2) is 36.4 Å². The van der Waals surface area contributed by atoms with Crippen molar-refractivity contribution >= 4 is 11.8 Å². The molecule has 0 heterocycles. The lowest BCUT2D eigenvalue weighted by atomic mass is 10.0. The van der Waals surface area contributed by atoms with E-state index in [2.05, 4.69) is 13.8 Å². The quantitative estimate of drug-likeness (QED) is 0.480. The number of esters is 1. The highest BCUT2D eigenvalue weighted by Crippen LogP contribution is 2.27. The molecule has 0 aliphatic rings. The molecule has 0 unspecified atom stereocenters. The topological polar surface area (TPSA) is 71.1 Å². The fourth-order valence-corrected chi connectivity index (χ4v) is 2.68. The number of carbonyl (C=O) groups is 2. The van der Waals surface area contributed by atoms with Gasteiger partial charge in [0.2, 0.25) is 5.78 Å². The highest BCUT2D eigenvalue weighted by atomic mass is 16.6. The summed E-state index contributed by atoms with van der Waals surface area (Å²) in [6, 6.07) is 10.7. The van der Waals surface area contributed by atoms with Crippen molar-refractivity contribution in [1.82, 2.24) is 0 Å². The Morgan fingerprint density at radius 3 is 2.32 bits per heavy atom. The Hall–Kier alpha value is -3.02. The van der Waals surface area contributed by atoms with Crippen LogP contribution in [0.5, 0.6) is 17.2 Å². The largest absolute Gasteiger partial charge is 0.497 e. The van der Waals surface area contributed by atoms with Crippen molar-refractivity contribution in [1.29, 1.82) is 0 Å². The van der Waals surface area contributed by atoms with Crippen LogP contribution in [0.25, 0.3) is 0 Å². The lowest BCUT2D eigenvalue weighted by Crippen LogP contribution is -2.20. The molecule has 6 nitrogen and oxygen atoms in total. The van der Waals surface area contributed by atoms with Crippen LogP contribution in [0.2, 0.25) is 0 Å². The van der Waals surface area contributed by atoms with E-state index < -0.39 is 12.6 Å². The summed E-state index contributed by atoms with van der Waals surface area (Å²) in [6.07, 6.45) is 0. The van der Waals surface area contributed by atoms with Crippen LogP contribution in [-0.2, 0) is 9.53 Å². The third-order valence-electron chi connectivity index (χ3n) is 4.21. The van der Waals surface area contributed by atoms with Crippen molar-refractivity contribution in [3.8, 4) is 17.2 Å². The number of carbonyl (C=O) groups excluding carboxylic acids is 2. The van der Waals surface area contributed by atoms with Gasteiger partial charge in [-0.25, -0.2) is 4.79 Å². The van der Waals surface area contributed by atoms with E-state index in [0.717, 1.165) is 11.1 Å². The molecule has 0 fully saturated rings. The molecule has 2 aromatic carbocycles. The minimum atomic E-state index is -0.619. The van der Waals surface area contributed by atoms with Crippen LogP contribution < -0.4 is 14.2 Å². The van der Waals surface area contributed by atoms with Gasteiger partial charge in [-0.2, -0.15) is 0 Å². The molecule has 0 amide bonds. The maximum atomic E-state index is 12.4. The second-order valence-electron chi connectivity index (χ2n) is 6.63. The Balaban J connectivity index is 1.96. The smallest absolute Gasteiger partial charge is 0.344 e. The van der Waals surface area contributed by atoms with Gasteiger partial charge in [0.1, 0.15) is 17.2 Å². The second kappa shape index (κ2) is 9.78. The van der Waals surface area contributed by atoms with E-state index in [9.17, 15) is 9.59 Å². The van der Waals surface area contributed by atoms with Crippen LogP contribution in [0, 0.1) is 6.92 Å². The fourth-order valence-electron chi connectivity index (χ4n) is 2.68. The Morgan fingerprint density at radius 2 is 1.68 bits per heavy atom. The van der Waals surface area contributed by atoms with Crippen molar-refractivity contribution in [2.24, 2.45) is 0 Å². The zero-order valence-electron chi connectivity index (χ0n) is 16.9. The van der Waals surface area contributed by atoms with Gasteiger partial charge < -0.3 is 18.9 Å². The summed E-state index contributed by atoms with van der Waals surface area (Å²) in [5.74, 6) is 0.800. The molecule has 150 valence electrons. The van der Waals surface area contributed by atoms with Gasteiger partial charge in [0.05, 0.1) is 19.8 Å². The average Bonchev–Trinajstić information content (AvgIpc) is 2.69. The summed E-state index contributed by atoms with van der Waals surface area (Å²) >= 11 is 0. The van der Waals surface area contributed by atoms with Crippen molar-refractivity contribution < 1.29 is 28.5 Å². The third-order valence-corrected chi connectivity index (χ3v) is 4.21. The van der Waals surface area contributed by atoms with Gasteiger partial charge in [0.25, 0.3) is 0 Å². The summed E-state index contributed by atoms with van der Waals surface area (Å²) in [4.78, 5) is 24.4. The van der Waals surface area contributed by atoms with Gasteiger partial charge in [-0.15, -0.1) is 0 Å². The van der Waals surface area contributed by atoms with Gasteiger partial charge in [0, 0.05) is 0 Å². The van der Waals surface area contributed by atoms with Crippen LogP contribution >= 0.6 is 0 Å². The van der Waals surface area contributed by atoms with E-state index >= 15 is 0 Å². The van der Waals surface area contributed by atoms with Gasteiger partial charge in [0.15, 0.2) is 13.2 Å². The number of aryl methyl sites for hydroxylation is 1. The SMILES string of the molecule is COc1ccc(OC)c(C(=O)COC(=O)COc2cc(C)ccc2C(C)C)c1. The van der Waals surface area contributed by atoms with E-state index in [1.54, 1.807) is 18.2 Å². The maximum Gasteiger partial charge on any atom is 0.344 e. The average molecular weight is 386 g/mol. The summed E-state index contributed by atoms with van der Waals surface area (Å²) < 4.78 is 21.0. The maximum absolute atomic E-state index is 12.4. The zero-order valence-corrected chi connectivity index (χ0v) is 16.9. The molecule has 0 aliphatic carbocycles. The number of Topliss-reactive ketones (excluding diaryl/α,β-unsaturated/α-hetero) is 1. The molecule has 0 aliphatic heterocycles. The lowest BCUT2D eigenvalue weighted by molar-refractivity contribution is -0.144. The van der Waals surface area contributed by atoms with Crippen molar-refractivity contribution in [3.63, 3.8) is 0 Å². The molecule has 28 heavy (non-hydrogen) atoms. The molecule has 2 aromatic rings. The predicted octanol–water partition coefficient (Wildman–Crippen LogP) is 3.94. The molecule has 0 saturated carbocycles. The number of hydrogen-bond acceptors (Lipinski definition) is 6. The second-order valence-corrected chi connectivity index (χ2v) is 6.63. The Labute approximate surface area is 165 Å². The van der Waals surface area contributed by atoms with Crippen molar-refractivity contribution in [2.45, 2.75) is 26.7 Å². The van der Waals surface area contributed by atoms with Crippen LogP contribution in [0.1, 0.15) is 41.3 Å². The lowest BCUT2D eigenvalue weighted by Gasteiger charge is -2.14. The van der Waals surface area contributed by atoms with E-state index in [4.69, 9.17) is 18.9 Å². The van der Waals surface area contributed by atoms with Crippen LogP contribution in [0.3, 0.4) is 0 Å². The molecule has 0 aromatic heterocycles. The van der Waals surface area contributed by atoms with Crippen molar-refractivity contribution in [2.75, 3.05) is 27.4 Å². The minimum absolute atomic E-state index is 0.258. The van der Waals surface area contributed by atoms with E-state index in [0.29, 0.717) is 17.2 Å². The first kappa shape index (κ1) is 21.3. The first-order chi connectivity index (χ1) is 13.3. The first-order valence-corrected chi connectivity index (χ1v) is 9.00. The number of methoxy groups -OCH3 is 2. The summed E-state index contributed by atoms with van der Waals surface area (Å²) in [5, 5.41) is 0. The molecule has 0 atom stereocenters. The number of hydrogen-bond donors (Lipinski definition) is 0. The standard InChI is InChI=1S/C22H26O6/c1-14(2)17-8-6-15(3)10-21(17)27-13-22(24)28-12-19(23)18-11-16(25-4)7-9-20(18)26-5/h6-11,14H,12-13H2,1-5H3. The third kappa shape index (κ3) is 5.49. The monoisotopic (exact) mass is 386 g/mol. The zero-order chi connectivity index (χ0) is 20.7. The molecular formula is C22H26O6. The summed E-state index contributed by atoms with van der Waals surface area (Å²) in [5.41, 5.74) is 2.33. The molecule has 0 saturated heterocycles. The summed E-state index contributed by atoms with van der Waals surface area (Å²) in [6.45, 7) is 5.38. The Bertz CT molecular complexity index is 841. The summed E-state index contributed by atoms with van der Waals surface area (Å²) in [7, 11) is 2.97. The molecule has 0 N–H and O–H groups in total.